The van der Waals surface area contributed by atoms with Crippen LogP contribution in [0.15, 0.2) is 53.8 Å². The van der Waals surface area contributed by atoms with Crippen molar-refractivity contribution in [2.45, 2.75) is 36.1 Å². The molecule has 24 heavy (non-hydrogen) atoms. The number of benzene rings is 1. The van der Waals surface area contributed by atoms with E-state index in [1.54, 1.807) is 18.0 Å². The van der Waals surface area contributed by atoms with E-state index in [9.17, 15) is 0 Å². The average Bonchev–Trinajstić information content (AvgIpc) is 3.37. The zero-order valence-electron chi connectivity index (χ0n) is 13.2. The Bertz CT molecular complexity index is 800. The highest BCUT2D eigenvalue weighted by molar-refractivity contribution is 7.98. The molecule has 1 saturated carbocycles. The molecule has 0 atom stereocenters. The third-order valence-corrected chi connectivity index (χ3v) is 4.84. The number of nitrogens with zero attached hydrogens (tertiary/aromatic N) is 5. The number of aromatic nitrogens is 5. The molecule has 1 aliphatic carbocycles. The van der Waals surface area contributed by atoms with Crippen molar-refractivity contribution >= 4 is 17.6 Å². The molecule has 2 aromatic heterocycles. The number of rotatable bonds is 7. The summed E-state index contributed by atoms with van der Waals surface area (Å²) in [5, 5.41) is 11.5. The van der Waals surface area contributed by atoms with E-state index in [1.807, 2.05) is 30.6 Å². The fourth-order valence-corrected chi connectivity index (χ4v) is 3.24. The van der Waals surface area contributed by atoms with E-state index in [4.69, 9.17) is 0 Å². The zero-order valence-corrected chi connectivity index (χ0v) is 14.0. The average molecular weight is 338 g/mol. The monoisotopic (exact) mass is 338 g/mol. The zero-order chi connectivity index (χ0) is 16.2. The summed E-state index contributed by atoms with van der Waals surface area (Å²) in [6, 6.07) is 12.8. The van der Waals surface area contributed by atoms with Gasteiger partial charge in [0.25, 0.3) is 0 Å². The molecule has 4 rings (SSSR count). The van der Waals surface area contributed by atoms with E-state index < -0.39 is 0 Å². The molecular formula is C17H18N6S. The summed E-state index contributed by atoms with van der Waals surface area (Å²) in [5.41, 5.74) is 0. The van der Waals surface area contributed by atoms with E-state index in [0.29, 0.717) is 12.6 Å². The van der Waals surface area contributed by atoms with Crippen LogP contribution in [0.1, 0.15) is 30.5 Å². The molecule has 0 unspecified atom stereocenters. The minimum Gasteiger partial charge on any atom is -0.363 e. The fourth-order valence-electron chi connectivity index (χ4n) is 2.45. The third-order valence-electron chi connectivity index (χ3n) is 3.83. The van der Waals surface area contributed by atoms with E-state index >= 15 is 0 Å². The molecule has 0 spiro atoms. The smallest absolute Gasteiger partial charge is 0.152 e. The number of anilines is 1. The quantitative estimate of drug-likeness (QED) is 0.667. The molecule has 1 N–H and O–H groups in total. The van der Waals surface area contributed by atoms with Crippen molar-refractivity contribution in [3.8, 4) is 0 Å². The van der Waals surface area contributed by atoms with Crippen molar-refractivity contribution in [2.75, 3.05) is 5.32 Å². The lowest BCUT2D eigenvalue weighted by Gasteiger charge is -2.08. The van der Waals surface area contributed by atoms with Gasteiger partial charge in [-0.05, 0) is 31.0 Å². The van der Waals surface area contributed by atoms with Crippen LogP contribution in [0.3, 0.4) is 0 Å². The van der Waals surface area contributed by atoms with Crippen molar-refractivity contribution in [1.82, 2.24) is 24.7 Å². The summed E-state index contributed by atoms with van der Waals surface area (Å²) in [5.74, 6) is 3.34. The molecule has 7 heteroatoms. The van der Waals surface area contributed by atoms with Gasteiger partial charge in [-0.3, -0.25) is 0 Å². The van der Waals surface area contributed by atoms with Crippen LogP contribution in [-0.4, -0.2) is 24.7 Å². The molecule has 2 heterocycles. The van der Waals surface area contributed by atoms with Crippen molar-refractivity contribution in [1.29, 1.82) is 0 Å². The first-order chi connectivity index (χ1) is 11.9. The van der Waals surface area contributed by atoms with Crippen molar-refractivity contribution < 1.29 is 0 Å². The van der Waals surface area contributed by atoms with Gasteiger partial charge < -0.3 is 9.88 Å². The normalized spacial score (nSPS) is 13.8. The maximum atomic E-state index is 4.58. The van der Waals surface area contributed by atoms with Gasteiger partial charge in [0.1, 0.15) is 18.0 Å². The second-order valence-corrected chi connectivity index (χ2v) is 6.75. The molecule has 1 fully saturated rings. The second kappa shape index (κ2) is 7.00. The van der Waals surface area contributed by atoms with Crippen LogP contribution in [-0.2, 0) is 12.3 Å². The molecule has 1 aromatic carbocycles. The van der Waals surface area contributed by atoms with Gasteiger partial charge in [0.05, 0.1) is 12.3 Å². The van der Waals surface area contributed by atoms with Crippen LogP contribution in [0.4, 0.5) is 5.82 Å². The first kappa shape index (κ1) is 15.1. The minimum absolute atomic E-state index is 0.583. The van der Waals surface area contributed by atoms with Crippen LogP contribution < -0.4 is 5.32 Å². The minimum atomic E-state index is 0.583. The lowest BCUT2D eigenvalue weighted by Crippen LogP contribution is -2.09. The first-order valence-corrected chi connectivity index (χ1v) is 8.99. The Morgan fingerprint density at radius 2 is 2.04 bits per heavy atom. The lowest BCUT2D eigenvalue weighted by molar-refractivity contribution is 0.689. The SMILES string of the molecule is c1ccc(SCc2nccc(NCc3nncn3C3CC3)n2)cc1. The van der Waals surface area contributed by atoms with Crippen LogP contribution in [0.25, 0.3) is 0 Å². The topological polar surface area (TPSA) is 68.5 Å². The Morgan fingerprint density at radius 3 is 2.88 bits per heavy atom. The number of hydrogen-bond acceptors (Lipinski definition) is 6. The lowest BCUT2D eigenvalue weighted by atomic mass is 10.4. The third kappa shape index (κ3) is 3.73. The van der Waals surface area contributed by atoms with Gasteiger partial charge in [0.15, 0.2) is 5.82 Å². The van der Waals surface area contributed by atoms with Crippen LogP contribution >= 0.6 is 11.8 Å². The Morgan fingerprint density at radius 1 is 1.17 bits per heavy atom. The molecule has 6 nitrogen and oxygen atoms in total. The van der Waals surface area contributed by atoms with Crippen LogP contribution in [0.2, 0.25) is 0 Å². The maximum Gasteiger partial charge on any atom is 0.152 e. The molecular weight excluding hydrogens is 320 g/mol. The van der Waals surface area contributed by atoms with E-state index in [-0.39, 0.29) is 0 Å². The molecule has 3 aromatic rings. The highest BCUT2D eigenvalue weighted by atomic mass is 32.2. The van der Waals surface area contributed by atoms with Gasteiger partial charge in [0, 0.05) is 17.1 Å². The molecule has 0 radical (unpaired) electrons. The van der Waals surface area contributed by atoms with Gasteiger partial charge in [-0.25, -0.2) is 9.97 Å². The van der Waals surface area contributed by atoms with Crippen molar-refractivity contribution in [2.24, 2.45) is 0 Å². The van der Waals surface area contributed by atoms with Gasteiger partial charge in [-0.15, -0.1) is 22.0 Å². The van der Waals surface area contributed by atoms with Gasteiger partial charge in [0.2, 0.25) is 0 Å². The molecule has 0 saturated heterocycles. The number of nitrogens with one attached hydrogen (secondary N) is 1. The highest BCUT2D eigenvalue weighted by Crippen LogP contribution is 2.35. The summed E-state index contributed by atoms with van der Waals surface area (Å²) >= 11 is 1.73. The molecule has 0 amide bonds. The largest absolute Gasteiger partial charge is 0.363 e. The van der Waals surface area contributed by atoms with Crippen LogP contribution in [0.5, 0.6) is 0 Å². The molecule has 0 bridgehead atoms. The van der Waals surface area contributed by atoms with E-state index in [1.165, 1.54) is 17.7 Å². The summed E-state index contributed by atoms with van der Waals surface area (Å²) in [7, 11) is 0. The van der Waals surface area contributed by atoms with E-state index in [2.05, 4.69) is 42.2 Å². The molecule has 1 aliphatic rings. The summed E-state index contributed by atoms with van der Waals surface area (Å²) in [4.78, 5) is 10.1. The predicted molar refractivity (Wildman–Crippen MR) is 93.7 cm³/mol. The van der Waals surface area contributed by atoms with Gasteiger partial charge in [-0.1, -0.05) is 18.2 Å². The highest BCUT2D eigenvalue weighted by Gasteiger charge is 2.25. The summed E-state index contributed by atoms with van der Waals surface area (Å²) < 4.78 is 2.15. The summed E-state index contributed by atoms with van der Waals surface area (Å²) in [6.45, 7) is 0.624. The van der Waals surface area contributed by atoms with Crippen molar-refractivity contribution in [3.63, 3.8) is 0 Å². The number of thioether (sulfide) groups is 1. The standard InChI is InChI=1S/C17H18N6S/c1-2-4-14(5-3-1)24-11-16-18-9-8-15(21-16)19-10-17-22-20-12-23(17)13-6-7-13/h1-5,8-9,12-13H,6-7,10-11H2,(H,18,19,21). The van der Waals surface area contributed by atoms with Crippen LogP contribution in [0, 0.1) is 0 Å². The Labute approximate surface area is 144 Å². The van der Waals surface area contributed by atoms with Gasteiger partial charge >= 0.3 is 0 Å². The summed E-state index contributed by atoms with van der Waals surface area (Å²) in [6.07, 6.45) is 6.05. The fraction of sp³-hybridized carbons (Fsp3) is 0.294. The molecule has 0 aliphatic heterocycles. The van der Waals surface area contributed by atoms with E-state index in [0.717, 1.165) is 23.2 Å². The van der Waals surface area contributed by atoms with Gasteiger partial charge in [-0.2, -0.15) is 0 Å². The van der Waals surface area contributed by atoms with Crippen molar-refractivity contribution in [3.05, 3.63) is 60.6 Å². The maximum absolute atomic E-state index is 4.58. The first-order valence-electron chi connectivity index (χ1n) is 8.00. The predicted octanol–water partition coefficient (Wildman–Crippen LogP) is 3.31. The molecule has 122 valence electrons. The Hall–Kier alpha value is -2.41. The Balaban J connectivity index is 1.36. The number of hydrogen-bond donors (Lipinski definition) is 1. The second-order valence-electron chi connectivity index (χ2n) is 5.70. The Kier molecular flexibility index (Phi) is 4.42.